The highest BCUT2D eigenvalue weighted by Crippen LogP contribution is 2.17. The second kappa shape index (κ2) is 6.41. The van der Waals surface area contributed by atoms with Crippen molar-refractivity contribution in [2.24, 2.45) is 0 Å². The SMILES string of the molecule is Cc1ccc(Cn2nc(C)c(/C=C/C(=O)N3CCC3)c2C)cc1. The first-order valence-corrected chi connectivity index (χ1v) is 8.11. The van der Waals surface area contributed by atoms with Gasteiger partial charge in [0.05, 0.1) is 12.2 Å². The summed E-state index contributed by atoms with van der Waals surface area (Å²) in [4.78, 5) is 13.8. The summed E-state index contributed by atoms with van der Waals surface area (Å²) >= 11 is 0. The van der Waals surface area contributed by atoms with Crippen molar-refractivity contribution in [1.29, 1.82) is 0 Å². The Balaban J connectivity index is 1.77. The molecule has 1 aliphatic rings. The Morgan fingerprint density at radius 2 is 1.87 bits per heavy atom. The zero-order valence-electron chi connectivity index (χ0n) is 14.0. The van der Waals surface area contributed by atoms with Crippen LogP contribution in [0.2, 0.25) is 0 Å². The summed E-state index contributed by atoms with van der Waals surface area (Å²) < 4.78 is 2.01. The average molecular weight is 309 g/mol. The summed E-state index contributed by atoms with van der Waals surface area (Å²) in [6.07, 6.45) is 4.70. The number of hydrogen-bond acceptors (Lipinski definition) is 2. The Kier molecular flexibility index (Phi) is 4.33. The van der Waals surface area contributed by atoms with Gasteiger partial charge in [0.25, 0.3) is 0 Å². The first kappa shape index (κ1) is 15.5. The van der Waals surface area contributed by atoms with E-state index in [2.05, 4.69) is 43.2 Å². The van der Waals surface area contributed by atoms with Crippen LogP contribution in [0.25, 0.3) is 6.08 Å². The van der Waals surface area contributed by atoms with Crippen LogP contribution in [0.1, 0.15) is 34.5 Å². The van der Waals surface area contributed by atoms with Gasteiger partial charge in [0, 0.05) is 30.4 Å². The third-order valence-corrected chi connectivity index (χ3v) is 4.45. The summed E-state index contributed by atoms with van der Waals surface area (Å²) in [5.74, 6) is 0.0985. The smallest absolute Gasteiger partial charge is 0.246 e. The summed E-state index contributed by atoms with van der Waals surface area (Å²) in [5.41, 5.74) is 5.59. The summed E-state index contributed by atoms with van der Waals surface area (Å²) in [7, 11) is 0. The number of carbonyl (C=O) groups is 1. The van der Waals surface area contributed by atoms with E-state index < -0.39 is 0 Å². The highest BCUT2D eigenvalue weighted by Gasteiger charge is 2.18. The quantitative estimate of drug-likeness (QED) is 0.814. The van der Waals surface area contributed by atoms with Crippen LogP contribution < -0.4 is 0 Å². The summed E-state index contributed by atoms with van der Waals surface area (Å²) in [6.45, 7) is 8.65. The van der Waals surface area contributed by atoms with Gasteiger partial charge in [-0.25, -0.2) is 0 Å². The fraction of sp³-hybridized carbons (Fsp3) is 0.368. The molecule has 0 radical (unpaired) electrons. The van der Waals surface area contributed by atoms with Crippen molar-refractivity contribution in [3.63, 3.8) is 0 Å². The van der Waals surface area contributed by atoms with Crippen molar-refractivity contribution < 1.29 is 4.79 Å². The molecule has 1 aromatic carbocycles. The fourth-order valence-electron chi connectivity index (χ4n) is 2.77. The van der Waals surface area contributed by atoms with Crippen molar-refractivity contribution in [2.45, 2.75) is 33.7 Å². The number of hydrogen-bond donors (Lipinski definition) is 0. The van der Waals surface area contributed by atoms with Crippen molar-refractivity contribution in [2.75, 3.05) is 13.1 Å². The molecule has 0 saturated carbocycles. The molecule has 0 bridgehead atoms. The maximum absolute atomic E-state index is 12.0. The Bertz CT molecular complexity index is 737. The molecule has 120 valence electrons. The van der Waals surface area contributed by atoms with E-state index in [1.165, 1.54) is 11.1 Å². The molecule has 0 spiro atoms. The van der Waals surface area contributed by atoms with E-state index >= 15 is 0 Å². The second-order valence-electron chi connectivity index (χ2n) is 6.24. The Morgan fingerprint density at radius 1 is 1.17 bits per heavy atom. The largest absolute Gasteiger partial charge is 0.339 e. The topological polar surface area (TPSA) is 38.1 Å². The van der Waals surface area contributed by atoms with Gasteiger partial charge in [-0.05, 0) is 38.8 Å². The van der Waals surface area contributed by atoms with E-state index in [0.29, 0.717) is 0 Å². The van der Waals surface area contributed by atoms with Gasteiger partial charge < -0.3 is 4.90 Å². The molecule has 1 aromatic heterocycles. The molecular formula is C19H23N3O. The van der Waals surface area contributed by atoms with Crippen LogP contribution in [0, 0.1) is 20.8 Å². The second-order valence-corrected chi connectivity index (χ2v) is 6.24. The molecule has 0 atom stereocenters. The maximum atomic E-state index is 12.0. The van der Waals surface area contributed by atoms with Gasteiger partial charge in [0.1, 0.15) is 0 Å². The van der Waals surface area contributed by atoms with Gasteiger partial charge in [-0.3, -0.25) is 9.48 Å². The van der Waals surface area contributed by atoms with Crippen molar-refractivity contribution >= 4 is 12.0 Å². The molecule has 23 heavy (non-hydrogen) atoms. The maximum Gasteiger partial charge on any atom is 0.246 e. The summed E-state index contributed by atoms with van der Waals surface area (Å²) in [5, 5.41) is 4.63. The highest BCUT2D eigenvalue weighted by molar-refractivity contribution is 5.92. The van der Waals surface area contributed by atoms with Crippen molar-refractivity contribution in [3.05, 3.63) is 58.4 Å². The number of aryl methyl sites for hydroxylation is 2. The molecule has 2 aromatic rings. The van der Waals surface area contributed by atoms with Crippen molar-refractivity contribution in [3.8, 4) is 0 Å². The van der Waals surface area contributed by atoms with E-state index in [0.717, 1.165) is 43.0 Å². The van der Waals surface area contributed by atoms with E-state index in [1.807, 2.05) is 22.6 Å². The lowest BCUT2D eigenvalue weighted by Gasteiger charge is -2.29. The van der Waals surface area contributed by atoms with Crippen LogP contribution in [0.3, 0.4) is 0 Å². The van der Waals surface area contributed by atoms with Crippen LogP contribution in [-0.2, 0) is 11.3 Å². The molecule has 4 nitrogen and oxygen atoms in total. The number of amides is 1. The fourth-order valence-corrected chi connectivity index (χ4v) is 2.77. The predicted molar refractivity (Wildman–Crippen MR) is 92.2 cm³/mol. The van der Waals surface area contributed by atoms with Gasteiger partial charge in [0.15, 0.2) is 0 Å². The van der Waals surface area contributed by atoms with Crippen LogP contribution in [0.4, 0.5) is 0 Å². The van der Waals surface area contributed by atoms with Gasteiger partial charge in [-0.2, -0.15) is 5.10 Å². The number of rotatable bonds is 4. The van der Waals surface area contributed by atoms with Gasteiger partial charge in [-0.15, -0.1) is 0 Å². The van der Waals surface area contributed by atoms with Gasteiger partial charge in [-0.1, -0.05) is 29.8 Å². The zero-order chi connectivity index (χ0) is 16.4. The molecule has 2 heterocycles. The molecule has 1 aliphatic heterocycles. The molecule has 1 fully saturated rings. The predicted octanol–water partition coefficient (Wildman–Crippen LogP) is 3.10. The monoisotopic (exact) mass is 309 g/mol. The number of aromatic nitrogens is 2. The minimum Gasteiger partial charge on any atom is -0.339 e. The van der Waals surface area contributed by atoms with Gasteiger partial charge in [0.2, 0.25) is 5.91 Å². The van der Waals surface area contributed by atoms with Crippen LogP contribution >= 0.6 is 0 Å². The molecule has 0 unspecified atom stereocenters. The van der Waals surface area contributed by atoms with Crippen LogP contribution in [0.15, 0.2) is 30.3 Å². The highest BCUT2D eigenvalue weighted by atomic mass is 16.2. The molecule has 0 aliphatic carbocycles. The molecule has 1 amide bonds. The summed E-state index contributed by atoms with van der Waals surface area (Å²) in [6, 6.07) is 8.50. The average Bonchev–Trinajstić information content (AvgIpc) is 2.72. The first-order valence-electron chi connectivity index (χ1n) is 8.11. The molecule has 0 N–H and O–H groups in total. The minimum atomic E-state index is 0.0985. The molecular weight excluding hydrogens is 286 g/mol. The zero-order valence-corrected chi connectivity index (χ0v) is 14.0. The van der Waals surface area contributed by atoms with Gasteiger partial charge >= 0.3 is 0 Å². The third kappa shape index (κ3) is 3.36. The third-order valence-electron chi connectivity index (χ3n) is 4.45. The van der Waals surface area contributed by atoms with E-state index in [-0.39, 0.29) is 5.91 Å². The normalized spacial score (nSPS) is 14.3. The lowest BCUT2D eigenvalue weighted by atomic mass is 10.1. The minimum absolute atomic E-state index is 0.0985. The van der Waals surface area contributed by atoms with E-state index in [4.69, 9.17) is 0 Å². The lowest BCUT2D eigenvalue weighted by molar-refractivity contribution is -0.129. The lowest BCUT2D eigenvalue weighted by Crippen LogP contribution is -2.40. The molecule has 4 heteroatoms. The first-order chi connectivity index (χ1) is 11.0. The Hall–Kier alpha value is -2.36. The number of benzene rings is 1. The Labute approximate surface area is 137 Å². The van der Waals surface area contributed by atoms with E-state index in [1.54, 1.807) is 6.08 Å². The Morgan fingerprint density at radius 3 is 2.48 bits per heavy atom. The van der Waals surface area contributed by atoms with E-state index in [9.17, 15) is 4.79 Å². The van der Waals surface area contributed by atoms with Crippen LogP contribution in [-0.4, -0.2) is 33.7 Å². The van der Waals surface area contributed by atoms with Crippen LogP contribution in [0.5, 0.6) is 0 Å². The number of likely N-dealkylation sites (tertiary alicyclic amines) is 1. The number of nitrogens with zero attached hydrogens (tertiary/aromatic N) is 3. The molecule has 3 rings (SSSR count). The number of carbonyl (C=O) groups excluding carboxylic acids is 1. The van der Waals surface area contributed by atoms with Crippen molar-refractivity contribution in [1.82, 2.24) is 14.7 Å². The molecule has 1 saturated heterocycles. The standard InChI is InChI=1S/C19H23N3O/c1-14-5-7-17(8-6-14)13-22-16(3)18(15(2)20-22)9-10-19(23)21-11-4-12-21/h5-10H,4,11-13H2,1-3H3/b10-9+.